The van der Waals surface area contributed by atoms with E-state index in [1.807, 2.05) is 20.8 Å². The highest BCUT2D eigenvalue weighted by atomic mass is 16.6. The van der Waals surface area contributed by atoms with Gasteiger partial charge in [0, 0.05) is 38.8 Å². The van der Waals surface area contributed by atoms with Gasteiger partial charge in [0.1, 0.15) is 5.60 Å². The zero-order valence-electron chi connectivity index (χ0n) is 19.9. The van der Waals surface area contributed by atoms with Gasteiger partial charge in [0.2, 0.25) is 0 Å². The monoisotopic (exact) mass is 425 g/mol. The van der Waals surface area contributed by atoms with E-state index in [2.05, 4.69) is 41.2 Å². The molecule has 30 heavy (non-hydrogen) atoms. The van der Waals surface area contributed by atoms with Crippen LogP contribution < -0.4 is 10.6 Å². The Kier molecular flexibility index (Phi) is 9.68. The first-order valence-corrected chi connectivity index (χ1v) is 11.5. The van der Waals surface area contributed by atoms with Crippen molar-refractivity contribution >= 4 is 12.1 Å². The summed E-state index contributed by atoms with van der Waals surface area (Å²) in [6, 6.07) is 0.509. The molecule has 0 aromatic rings. The van der Waals surface area contributed by atoms with E-state index in [4.69, 9.17) is 14.5 Å². The molecule has 2 heterocycles. The van der Waals surface area contributed by atoms with E-state index in [0.717, 1.165) is 71.3 Å². The molecule has 174 valence electrons. The van der Waals surface area contributed by atoms with E-state index in [1.54, 1.807) is 0 Å². The Labute approximate surface area is 182 Å². The van der Waals surface area contributed by atoms with Crippen molar-refractivity contribution in [3.8, 4) is 0 Å². The molecule has 8 heteroatoms. The third kappa shape index (κ3) is 8.68. The van der Waals surface area contributed by atoms with Crippen LogP contribution in [0.3, 0.4) is 0 Å². The molecule has 8 nitrogen and oxygen atoms in total. The van der Waals surface area contributed by atoms with Gasteiger partial charge in [0.05, 0.1) is 25.8 Å². The lowest BCUT2D eigenvalue weighted by Gasteiger charge is -2.35. The number of hydrogen-bond donors (Lipinski definition) is 2. The minimum Gasteiger partial charge on any atom is -0.444 e. The minimum atomic E-state index is -0.482. The summed E-state index contributed by atoms with van der Waals surface area (Å²) in [6.45, 7) is 19.1. The van der Waals surface area contributed by atoms with E-state index in [0.29, 0.717) is 12.0 Å². The number of guanidine groups is 1. The number of amides is 1. The topological polar surface area (TPSA) is 78.4 Å². The van der Waals surface area contributed by atoms with Gasteiger partial charge in [-0.05, 0) is 46.5 Å². The van der Waals surface area contributed by atoms with Crippen molar-refractivity contribution in [2.45, 2.75) is 72.1 Å². The van der Waals surface area contributed by atoms with E-state index >= 15 is 0 Å². The number of nitrogens with zero attached hydrogens (tertiary/aromatic N) is 3. The maximum Gasteiger partial charge on any atom is 0.407 e. The van der Waals surface area contributed by atoms with Crippen molar-refractivity contribution in [2.24, 2.45) is 10.9 Å². The summed E-state index contributed by atoms with van der Waals surface area (Å²) in [5.74, 6) is 1.57. The summed E-state index contributed by atoms with van der Waals surface area (Å²) < 4.78 is 10.9. The molecule has 0 bridgehead atoms. The lowest BCUT2D eigenvalue weighted by Crippen LogP contribution is -2.47. The molecule has 2 aliphatic rings. The number of aliphatic imine (C=N–C) groups is 1. The SMILES string of the molecule is CCNC(=NCC(CC(C)C)N1CCOCC1)N1CCC(NC(=O)OC(C)(C)C)C1. The predicted octanol–water partition coefficient (Wildman–Crippen LogP) is 2.30. The molecule has 2 unspecified atom stereocenters. The number of hydrogen-bond acceptors (Lipinski definition) is 5. The lowest BCUT2D eigenvalue weighted by molar-refractivity contribution is 0.0142. The molecule has 0 aromatic heterocycles. The highest BCUT2D eigenvalue weighted by Crippen LogP contribution is 2.16. The zero-order valence-corrected chi connectivity index (χ0v) is 19.9. The van der Waals surface area contributed by atoms with Gasteiger partial charge in [0.25, 0.3) is 0 Å². The Bertz CT molecular complexity index is 555. The van der Waals surface area contributed by atoms with Gasteiger partial charge in [-0.25, -0.2) is 4.79 Å². The fourth-order valence-electron chi connectivity index (χ4n) is 3.99. The Morgan fingerprint density at radius 2 is 1.93 bits per heavy atom. The van der Waals surface area contributed by atoms with Crippen molar-refractivity contribution in [1.29, 1.82) is 0 Å². The summed E-state index contributed by atoms with van der Waals surface area (Å²) in [4.78, 5) is 21.9. The van der Waals surface area contributed by atoms with Crippen LogP contribution in [0.5, 0.6) is 0 Å². The number of ether oxygens (including phenoxy) is 2. The molecule has 2 atom stereocenters. The second-order valence-corrected chi connectivity index (χ2v) is 9.70. The van der Waals surface area contributed by atoms with Gasteiger partial charge in [-0.15, -0.1) is 0 Å². The second kappa shape index (κ2) is 11.7. The fourth-order valence-corrected chi connectivity index (χ4v) is 3.99. The molecule has 1 amide bonds. The molecule has 2 fully saturated rings. The Balaban J connectivity index is 1.96. The van der Waals surface area contributed by atoms with E-state index in [-0.39, 0.29) is 12.1 Å². The standard InChI is InChI=1S/C22H43N5O3/c1-7-23-20(24-15-19(14-17(2)3)26-10-12-29-13-11-26)27-9-8-18(16-27)25-21(28)30-22(4,5)6/h17-19H,7-16H2,1-6H3,(H,23,24)(H,25,28). The van der Waals surface area contributed by atoms with Crippen LogP contribution >= 0.6 is 0 Å². The molecule has 0 spiro atoms. The van der Waals surface area contributed by atoms with Crippen molar-refractivity contribution in [3.63, 3.8) is 0 Å². The molecule has 2 aliphatic heterocycles. The van der Waals surface area contributed by atoms with Crippen molar-refractivity contribution < 1.29 is 14.3 Å². The van der Waals surface area contributed by atoms with E-state index in [1.165, 1.54) is 0 Å². The molecular formula is C22H43N5O3. The highest BCUT2D eigenvalue weighted by Gasteiger charge is 2.28. The largest absolute Gasteiger partial charge is 0.444 e. The number of nitrogens with one attached hydrogen (secondary N) is 2. The first-order valence-electron chi connectivity index (χ1n) is 11.5. The van der Waals surface area contributed by atoms with Crippen LogP contribution in [0.2, 0.25) is 0 Å². The van der Waals surface area contributed by atoms with Gasteiger partial charge < -0.3 is 25.0 Å². The predicted molar refractivity (Wildman–Crippen MR) is 121 cm³/mol. The number of rotatable bonds is 7. The number of carbonyl (C=O) groups is 1. The molecule has 0 aromatic carbocycles. The molecule has 2 N–H and O–H groups in total. The van der Waals surface area contributed by atoms with Crippen LogP contribution in [0, 0.1) is 5.92 Å². The van der Waals surface area contributed by atoms with Gasteiger partial charge in [-0.2, -0.15) is 0 Å². The smallest absolute Gasteiger partial charge is 0.407 e. The number of morpholine rings is 1. The second-order valence-electron chi connectivity index (χ2n) is 9.70. The number of carbonyl (C=O) groups excluding carboxylic acids is 1. The van der Waals surface area contributed by atoms with Crippen LogP contribution in [0.25, 0.3) is 0 Å². The third-order valence-corrected chi connectivity index (χ3v) is 5.30. The first-order chi connectivity index (χ1) is 14.2. The number of likely N-dealkylation sites (tertiary alicyclic amines) is 1. The van der Waals surface area contributed by atoms with E-state index < -0.39 is 5.60 Å². The Hall–Kier alpha value is -1.54. The van der Waals surface area contributed by atoms with Crippen LogP contribution in [0.4, 0.5) is 4.79 Å². The summed E-state index contributed by atoms with van der Waals surface area (Å²) in [5.41, 5.74) is -0.482. The summed E-state index contributed by atoms with van der Waals surface area (Å²) in [5, 5.41) is 6.43. The average Bonchev–Trinajstić information content (AvgIpc) is 3.11. The maximum absolute atomic E-state index is 12.1. The maximum atomic E-state index is 12.1. The van der Waals surface area contributed by atoms with Gasteiger partial charge in [0.15, 0.2) is 5.96 Å². The Morgan fingerprint density at radius 3 is 2.53 bits per heavy atom. The summed E-state index contributed by atoms with van der Waals surface area (Å²) >= 11 is 0. The van der Waals surface area contributed by atoms with Gasteiger partial charge in [-0.1, -0.05) is 13.8 Å². The normalized spacial score (nSPS) is 22.3. The molecule has 0 saturated carbocycles. The zero-order chi connectivity index (χ0) is 22.1. The van der Waals surface area contributed by atoms with Gasteiger partial charge >= 0.3 is 6.09 Å². The lowest BCUT2D eigenvalue weighted by atomic mass is 10.0. The minimum absolute atomic E-state index is 0.0782. The van der Waals surface area contributed by atoms with E-state index in [9.17, 15) is 4.79 Å². The molecule has 0 aliphatic carbocycles. The first kappa shape index (κ1) is 24.7. The molecule has 2 saturated heterocycles. The Morgan fingerprint density at radius 1 is 1.23 bits per heavy atom. The fraction of sp³-hybridized carbons (Fsp3) is 0.909. The van der Waals surface area contributed by atoms with Crippen molar-refractivity contribution in [2.75, 3.05) is 52.5 Å². The third-order valence-electron chi connectivity index (χ3n) is 5.30. The summed E-state index contributed by atoms with van der Waals surface area (Å²) in [7, 11) is 0. The van der Waals surface area contributed by atoms with Crippen LogP contribution in [-0.2, 0) is 9.47 Å². The molecule has 0 radical (unpaired) electrons. The average molecular weight is 426 g/mol. The molecule has 2 rings (SSSR count). The summed E-state index contributed by atoms with van der Waals surface area (Å²) in [6.07, 6.45) is 1.68. The quantitative estimate of drug-likeness (QED) is 0.481. The van der Waals surface area contributed by atoms with Crippen LogP contribution in [0.1, 0.15) is 54.4 Å². The molecular weight excluding hydrogens is 382 g/mol. The van der Waals surface area contributed by atoms with Gasteiger partial charge in [-0.3, -0.25) is 9.89 Å². The van der Waals surface area contributed by atoms with Crippen molar-refractivity contribution in [3.05, 3.63) is 0 Å². The number of alkyl carbamates (subject to hydrolysis) is 1. The van der Waals surface area contributed by atoms with Crippen LogP contribution in [0.15, 0.2) is 4.99 Å². The van der Waals surface area contributed by atoms with Crippen molar-refractivity contribution in [1.82, 2.24) is 20.4 Å². The van der Waals surface area contributed by atoms with Crippen LogP contribution in [-0.4, -0.2) is 92.0 Å². The highest BCUT2D eigenvalue weighted by molar-refractivity contribution is 5.80.